The van der Waals surface area contributed by atoms with E-state index in [9.17, 15) is 9.59 Å². The van der Waals surface area contributed by atoms with Gasteiger partial charge in [-0.3, -0.25) is 4.79 Å². The molecule has 0 radical (unpaired) electrons. The Morgan fingerprint density at radius 3 is 2.57 bits per heavy atom. The third kappa shape index (κ3) is 1.49. The second-order valence-corrected chi connectivity index (χ2v) is 4.61. The van der Waals surface area contributed by atoms with Gasteiger partial charge >= 0.3 is 6.03 Å². The van der Waals surface area contributed by atoms with Crippen molar-refractivity contribution in [2.75, 3.05) is 6.54 Å². The SMILES string of the molecule is CC1(C)C(=O)CCN1C(=O)NC1CC1. The Morgan fingerprint density at radius 1 is 1.50 bits per heavy atom. The van der Waals surface area contributed by atoms with E-state index in [1.807, 2.05) is 13.8 Å². The highest BCUT2D eigenvalue weighted by atomic mass is 16.2. The van der Waals surface area contributed by atoms with E-state index < -0.39 is 5.54 Å². The molecular formula is C10H16N2O2. The van der Waals surface area contributed by atoms with Gasteiger partial charge in [0.1, 0.15) is 0 Å². The second kappa shape index (κ2) is 2.97. The number of hydrogen-bond acceptors (Lipinski definition) is 2. The van der Waals surface area contributed by atoms with Gasteiger partial charge in [0.05, 0.1) is 5.54 Å². The van der Waals surface area contributed by atoms with Crippen LogP contribution in [0.4, 0.5) is 4.79 Å². The van der Waals surface area contributed by atoms with Gasteiger partial charge in [0.25, 0.3) is 0 Å². The lowest BCUT2D eigenvalue weighted by Crippen LogP contribution is -2.51. The maximum Gasteiger partial charge on any atom is 0.318 e. The molecule has 78 valence electrons. The number of nitrogens with one attached hydrogen (secondary N) is 1. The van der Waals surface area contributed by atoms with Crippen molar-refractivity contribution in [2.45, 2.75) is 44.7 Å². The minimum Gasteiger partial charge on any atom is -0.335 e. The van der Waals surface area contributed by atoms with Crippen molar-refractivity contribution >= 4 is 11.8 Å². The summed E-state index contributed by atoms with van der Waals surface area (Å²) in [5.41, 5.74) is -0.612. The zero-order valence-corrected chi connectivity index (χ0v) is 8.67. The van der Waals surface area contributed by atoms with Gasteiger partial charge in [-0.2, -0.15) is 0 Å². The smallest absolute Gasteiger partial charge is 0.318 e. The standard InChI is InChI=1S/C10H16N2O2/c1-10(2)8(13)5-6-12(10)9(14)11-7-3-4-7/h7H,3-6H2,1-2H3,(H,11,14). The fourth-order valence-electron chi connectivity index (χ4n) is 1.78. The molecule has 1 aliphatic carbocycles. The fraction of sp³-hybridized carbons (Fsp3) is 0.800. The minimum absolute atomic E-state index is 0.0802. The van der Waals surface area contributed by atoms with Crippen molar-refractivity contribution in [2.24, 2.45) is 0 Å². The molecule has 1 heterocycles. The third-order valence-corrected chi connectivity index (χ3v) is 3.07. The lowest BCUT2D eigenvalue weighted by atomic mass is 10.0. The Kier molecular flexibility index (Phi) is 2.01. The predicted molar refractivity (Wildman–Crippen MR) is 52.0 cm³/mol. The van der Waals surface area contributed by atoms with Gasteiger partial charge in [0, 0.05) is 19.0 Å². The lowest BCUT2D eigenvalue weighted by Gasteiger charge is -2.30. The van der Waals surface area contributed by atoms with Gasteiger partial charge in [-0.15, -0.1) is 0 Å². The van der Waals surface area contributed by atoms with E-state index in [0.29, 0.717) is 19.0 Å². The number of ketones is 1. The number of amides is 2. The van der Waals surface area contributed by atoms with Crippen LogP contribution in [0.25, 0.3) is 0 Å². The first kappa shape index (κ1) is 9.49. The molecule has 0 aromatic heterocycles. The van der Waals surface area contributed by atoms with Crippen LogP contribution in [0.2, 0.25) is 0 Å². The summed E-state index contributed by atoms with van der Waals surface area (Å²) in [5.74, 6) is 0.156. The molecule has 0 atom stereocenters. The molecule has 0 unspecified atom stereocenters. The summed E-state index contributed by atoms with van der Waals surface area (Å²) in [7, 11) is 0. The van der Waals surface area contributed by atoms with Crippen LogP contribution < -0.4 is 5.32 Å². The zero-order valence-electron chi connectivity index (χ0n) is 8.67. The van der Waals surface area contributed by atoms with E-state index in [2.05, 4.69) is 5.32 Å². The second-order valence-electron chi connectivity index (χ2n) is 4.61. The minimum atomic E-state index is -0.612. The first-order chi connectivity index (χ1) is 6.51. The monoisotopic (exact) mass is 196 g/mol. The topological polar surface area (TPSA) is 49.4 Å². The molecule has 2 fully saturated rings. The number of hydrogen-bond donors (Lipinski definition) is 1. The van der Waals surface area contributed by atoms with Crippen molar-refractivity contribution in [3.63, 3.8) is 0 Å². The highest BCUT2D eigenvalue weighted by Crippen LogP contribution is 2.26. The highest BCUT2D eigenvalue weighted by molar-refractivity contribution is 5.95. The van der Waals surface area contributed by atoms with Gasteiger partial charge in [-0.1, -0.05) is 0 Å². The van der Waals surface area contributed by atoms with Crippen LogP contribution >= 0.6 is 0 Å². The largest absolute Gasteiger partial charge is 0.335 e. The molecule has 2 aliphatic rings. The summed E-state index contributed by atoms with van der Waals surface area (Å²) in [4.78, 5) is 24.9. The number of carbonyl (C=O) groups is 2. The Labute approximate surface area is 83.6 Å². The molecule has 0 aromatic rings. The summed E-state index contributed by atoms with van der Waals surface area (Å²) in [6.07, 6.45) is 2.65. The van der Waals surface area contributed by atoms with Crippen molar-refractivity contribution in [1.82, 2.24) is 10.2 Å². The van der Waals surface area contributed by atoms with Crippen LogP contribution in [0.15, 0.2) is 0 Å². The number of likely N-dealkylation sites (tertiary alicyclic amines) is 1. The molecule has 4 heteroatoms. The normalized spacial score (nSPS) is 25.3. The molecule has 0 spiro atoms. The van der Waals surface area contributed by atoms with Gasteiger partial charge in [0.2, 0.25) is 0 Å². The third-order valence-electron chi connectivity index (χ3n) is 3.07. The van der Waals surface area contributed by atoms with Crippen molar-refractivity contribution < 1.29 is 9.59 Å². The van der Waals surface area contributed by atoms with Crippen LogP contribution in [0, 0.1) is 0 Å². The highest BCUT2D eigenvalue weighted by Gasteiger charge is 2.43. The molecule has 2 amide bonds. The first-order valence-corrected chi connectivity index (χ1v) is 5.13. The van der Waals surface area contributed by atoms with Crippen molar-refractivity contribution in [3.05, 3.63) is 0 Å². The van der Waals surface area contributed by atoms with Crippen LogP contribution in [0.1, 0.15) is 33.1 Å². The van der Waals surface area contributed by atoms with E-state index in [-0.39, 0.29) is 11.8 Å². The van der Waals surface area contributed by atoms with Crippen LogP contribution in [-0.4, -0.2) is 34.8 Å². The molecule has 0 aromatic carbocycles. The van der Waals surface area contributed by atoms with Crippen molar-refractivity contribution in [3.8, 4) is 0 Å². The molecule has 4 nitrogen and oxygen atoms in total. The Bertz CT molecular complexity index is 282. The molecule has 2 rings (SSSR count). The molecule has 1 saturated carbocycles. The predicted octanol–water partition coefficient (Wildman–Crippen LogP) is 0.912. The molecular weight excluding hydrogens is 180 g/mol. The Hall–Kier alpha value is -1.06. The number of Topliss-reactive ketones (excluding diaryl/α,β-unsaturated/α-hetero) is 1. The molecule has 1 saturated heterocycles. The number of urea groups is 1. The molecule has 0 bridgehead atoms. The van der Waals surface area contributed by atoms with E-state index >= 15 is 0 Å². The summed E-state index contributed by atoms with van der Waals surface area (Å²) in [6, 6.07) is 0.275. The number of nitrogens with zero attached hydrogens (tertiary/aromatic N) is 1. The average Bonchev–Trinajstić information content (AvgIpc) is 2.83. The van der Waals surface area contributed by atoms with E-state index in [1.165, 1.54) is 0 Å². The van der Waals surface area contributed by atoms with Crippen LogP contribution in [-0.2, 0) is 4.79 Å². The summed E-state index contributed by atoms with van der Waals surface area (Å²) < 4.78 is 0. The maximum atomic E-state index is 11.7. The summed E-state index contributed by atoms with van der Waals surface area (Å²) >= 11 is 0. The maximum absolute atomic E-state index is 11.7. The number of rotatable bonds is 1. The van der Waals surface area contributed by atoms with E-state index in [1.54, 1.807) is 4.90 Å². The fourth-order valence-corrected chi connectivity index (χ4v) is 1.78. The van der Waals surface area contributed by atoms with Gasteiger partial charge < -0.3 is 10.2 Å². The van der Waals surface area contributed by atoms with Gasteiger partial charge in [-0.25, -0.2) is 4.79 Å². The Balaban J connectivity index is 2.02. The van der Waals surface area contributed by atoms with E-state index in [0.717, 1.165) is 12.8 Å². The summed E-state index contributed by atoms with van der Waals surface area (Å²) in [6.45, 7) is 4.19. The molecule has 1 aliphatic heterocycles. The van der Waals surface area contributed by atoms with E-state index in [4.69, 9.17) is 0 Å². The Morgan fingerprint density at radius 2 is 2.14 bits per heavy atom. The number of carbonyl (C=O) groups excluding carboxylic acids is 2. The molecule has 1 N–H and O–H groups in total. The van der Waals surface area contributed by atoms with Crippen LogP contribution in [0.3, 0.4) is 0 Å². The average molecular weight is 196 g/mol. The first-order valence-electron chi connectivity index (χ1n) is 5.13. The summed E-state index contributed by atoms with van der Waals surface area (Å²) in [5, 5.41) is 2.91. The lowest BCUT2D eigenvalue weighted by molar-refractivity contribution is -0.122. The van der Waals surface area contributed by atoms with Gasteiger partial charge in [-0.05, 0) is 26.7 Å². The zero-order chi connectivity index (χ0) is 10.3. The van der Waals surface area contributed by atoms with Crippen LogP contribution in [0.5, 0.6) is 0 Å². The molecule has 14 heavy (non-hydrogen) atoms. The van der Waals surface area contributed by atoms with Crippen molar-refractivity contribution in [1.29, 1.82) is 0 Å². The quantitative estimate of drug-likeness (QED) is 0.677. The van der Waals surface area contributed by atoms with Gasteiger partial charge in [0.15, 0.2) is 5.78 Å².